The SMILES string of the molecule is CC.CC(C)(C)OC(=O)NCc1cc(-c2cnc(C(F)(F)F)nc2)ccc1C(N)=O. The van der Waals surface area contributed by atoms with Gasteiger partial charge in [0.2, 0.25) is 11.7 Å². The fourth-order valence-electron chi connectivity index (χ4n) is 2.26. The van der Waals surface area contributed by atoms with Gasteiger partial charge in [-0.3, -0.25) is 4.79 Å². The predicted octanol–water partition coefficient (Wildman–Crippen LogP) is 4.31. The molecule has 0 atom stereocenters. The highest BCUT2D eigenvalue weighted by molar-refractivity contribution is 5.95. The first-order valence-electron chi connectivity index (χ1n) is 9.16. The van der Waals surface area contributed by atoms with Crippen LogP contribution in [0.3, 0.4) is 0 Å². The van der Waals surface area contributed by atoms with Crippen molar-refractivity contribution in [1.82, 2.24) is 15.3 Å². The van der Waals surface area contributed by atoms with Crippen LogP contribution in [0, 0.1) is 0 Å². The lowest BCUT2D eigenvalue weighted by Gasteiger charge is -2.20. The molecule has 3 N–H and O–H groups in total. The van der Waals surface area contributed by atoms with Crippen molar-refractivity contribution in [3.8, 4) is 11.1 Å². The average molecular weight is 426 g/mol. The number of nitrogens with zero attached hydrogens (tertiary/aromatic N) is 2. The van der Waals surface area contributed by atoms with E-state index in [1.165, 1.54) is 18.2 Å². The van der Waals surface area contributed by atoms with Crippen molar-refractivity contribution in [3.63, 3.8) is 0 Å². The summed E-state index contributed by atoms with van der Waals surface area (Å²) in [6.07, 6.45) is -3.27. The number of amides is 2. The second-order valence-corrected chi connectivity index (χ2v) is 6.88. The van der Waals surface area contributed by atoms with E-state index in [1.807, 2.05) is 13.8 Å². The molecule has 2 aromatic rings. The van der Waals surface area contributed by atoms with E-state index in [0.29, 0.717) is 16.7 Å². The molecule has 0 saturated carbocycles. The number of nitrogens with one attached hydrogen (secondary N) is 1. The standard InChI is InChI=1S/C18H19F3N4O3.C2H6/c1-17(2,3)28-16(27)25-7-11-6-10(4-5-13(11)14(22)26)12-8-23-15(24-9-12)18(19,20)21;1-2/h4-6,8-9H,7H2,1-3H3,(H2,22,26)(H,25,27);1-2H3. The minimum Gasteiger partial charge on any atom is -0.444 e. The van der Waals surface area contributed by atoms with Crippen LogP contribution in [0.2, 0.25) is 0 Å². The number of ether oxygens (including phenoxy) is 1. The first-order valence-corrected chi connectivity index (χ1v) is 9.16. The average Bonchev–Trinajstić information content (AvgIpc) is 2.65. The van der Waals surface area contributed by atoms with Crippen LogP contribution in [-0.4, -0.2) is 27.6 Å². The number of halogens is 3. The van der Waals surface area contributed by atoms with Crippen molar-refractivity contribution >= 4 is 12.0 Å². The Balaban J connectivity index is 0.00000218. The molecule has 1 aromatic carbocycles. The van der Waals surface area contributed by atoms with Crippen molar-refractivity contribution < 1.29 is 27.5 Å². The minimum absolute atomic E-state index is 0.0669. The third kappa shape index (κ3) is 7.34. The third-order valence-corrected chi connectivity index (χ3v) is 3.43. The van der Waals surface area contributed by atoms with Crippen molar-refractivity contribution in [2.24, 2.45) is 5.73 Å². The number of rotatable bonds is 4. The molecule has 0 saturated heterocycles. The van der Waals surface area contributed by atoms with Gasteiger partial charge in [0.1, 0.15) is 5.60 Å². The Labute approximate surface area is 172 Å². The van der Waals surface area contributed by atoms with Crippen LogP contribution >= 0.6 is 0 Å². The van der Waals surface area contributed by atoms with E-state index in [1.54, 1.807) is 20.8 Å². The lowest BCUT2D eigenvalue weighted by molar-refractivity contribution is -0.145. The Hall–Kier alpha value is -3.17. The van der Waals surface area contributed by atoms with E-state index in [2.05, 4.69) is 15.3 Å². The highest BCUT2D eigenvalue weighted by Gasteiger charge is 2.34. The molecule has 0 radical (unpaired) electrons. The van der Waals surface area contributed by atoms with Crippen molar-refractivity contribution in [1.29, 1.82) is 0 Å². The van der Waals surface area contributed by atoms with Crippen molar-refractivity contribution in [2.75, 3.05) is 0 Å². The summed E-state index contributed by atoms with van der Waals surface area (Å²) in [5, 5.41) is 2.51. The molecule has 164 valence electrons. The molecule has 10 heteroatoms. The van der Waals surface area contributed by atoms with Gasteiger partial charge in [-0.1, -0.05) is 19.9 Å². The Morgan fingerprint density at radius 3 is 2.10 bits per heavy atom. The maximum Gasteiger partial charge on any atom is 0.451 e. The predicted molar refractivity (Wildman–Crippen MR) is 105 cm³/mol. The van der Waals surface area contributed by atoms with Gasteiger partial charge < -0.3 is 15.8 Å². The van der Waals surface area contributed by atoms with Gasteiger partial charge in [-0.15, -0.1) is 0 Å². The van der Waals surface area contributed by atoms with Gasteiger partial charge in [-0.05, 0) is 44.0 Å². The van der Waals surface area contributed by atoms with Gasteiger partial charge in [0, 0.05) is 30.1 Å². The van der Waals surface area contributed by atoms with Crippen LogP contribution in [0.5, 0.6) is 0 Å². The lowest BCUT2D eigenvalue weighted by Crippen LogP contribution is -2.32. The number of benzene rings is 1. The molecule has 0 fully saturated rings. The molecule has 2 amide bonds. The number of hydrogen-bond acceptors (Lipinski definition) is 5. The highest BCUT2D eigenvalue weighted by atomic mass is 19.4. The Kier molecular flexibility index (Phi) is 8.32. The second kappa shape index (κ2) is 10.0. The van der Waals surface area contributed by atoms with E-state index in [-0.39, 0.29) is 12.1 Å². The van der Waals surface area contributed by atoms with E-state index in [0.717, 1.165) is 12.4 Å². The maximum absolute atomic E-state index is 12.6. The molecular weight excluding hydrogens is 401 g/mol. The quantitative estimate of drug-likeness (QED) is 0.757. The number of hydrogen-bond donors (Lipinski definition) is 2. The highest BCUT2D eigenvalue weighted by Crippen LogP contribution is 2.27. The molecule has 0 unspecified atom stereocenters. The van der Waals surface area contributed by atoms with Gasteiger partial charge in [0.25, 0.3) is 0 Å². The minimum atomic E-state index is -4.64. The smallest absolute Gasteiger partial charge is 0.444 e. The zero-order chi connectivity index (χ0) is 23.1. The zero-order valence-electron chi connectivity index (χ0n) is 17.4. The molecule has 0 aliphatic heterocycles. The number of primary amides is 1. The number of carbonyl (C=O) groups is 2. The first kappa shape index (κ1) is 24.9. The molecule has 1 aromatic heterocycles. The Bertz CT molecular complexity index is 876. The summed E-state index contributed by atoms with van der Waals surface area (Å²) in [5.41, 5.74) is 5.95. The van der Waals surface area contributed by atoms with Crippen LogP contribution < -0.4 is 11.1 Å². The molecule has 0 aliphatic rings. The summed E-state index contributed by atoms with van der Waals surface area (Å²) in [6.45, 7) is 9.04. The van der Waals surface area contributed by atoms with E-state index in [9.17, 15) is 22.8 Å². The molecule has 2 rings (SSSR count). The number of nitrogens with two attached hydrogens (primary N) is 1. The van der Waals surface area contributed by atoms with E-state index < -0.39 is 29.6 Å². The first-order chi connectivity index (χ1) is 13.9. The van der Waals surface area contributed by atoms with Crippen LogP contribution in [0.25, 0.3) is 11.1 Å². The topological polar surface area (TPSA) is 107 Å². The van der Waals surface area contributed by atoms with Gasteiger partial charge in [-0.2, -0.15) is 13.2 Å². The second-order valence-electron chi connectivity index (χ2n) is 6.88. The van der Waals surface area contributed by atoms with Crippen molar-refractivity contribution in [2.45, 2.75) is 52.9 Å². The summed E-state index contributed by atoms with van der Waals surface area (Å²) in [6, 6.07) is 4.44. The number of alkyl carbamates (subject to hydrolysis) is 1. The Morgan fingerprint density at radius 2 is 1.63 bits per heavy atom. The normalized spacial score (nSPS) is 11.2. The van der Waals surface area contributed by atoms with Crippen molar-refractivity contribution in [3.05, 3.63) is 47.5 Å². The van der Waals surface area contributed by atoms with Crippen LogP contribution in [-0.2, 0) is 17.5 Å². The number of carbonyl (C=O) groups excluding carboxylic acids is 2. The molecule has 7 nitrogen and oxygen atoms in total. The Morgan fingerprint density at radius 1 is 1.07 bits per heavy atom. The molecule has 0 bridgehead atoms. The fraction of sp³-hybridized carbons (Fsp3) is 0.400. The molecule has 30 heavy (non-hydrogen) atoms. The maximum atomic E-state index is 12.6. The van der Waals surface area contributed by atoms with Crippen LogP contribution in [0.15, 0.2) is 30.6 Å². The monoisotopic (exact) mass is 426 g/mol. The van der Waals surface area contributed by atoms with Crippen LogP contribution in [0.1, 0.15) is 56.4 Å². The fourth-order valence-corrected chi connectivity index (χ4v) is 2.26. The number of alkyl halides is 3. The summed E-state index contributed by atoms with van der Waals surface area (Å²) in [7, 11) is 0. The van der Waals surface area contributed by atoms with Gasteiger partial charge in [-0.25, -0.2) is 14.8 Å². The summed E-state index contributed by atoms with van der Waals surface area (Å²) in [4.78, 5) is 30.1. The van der Waals surface area contributed by atoms with Crippen LogP contribution in [0.4, 0.5) is 18.0 Å². The van der Waals surface area contributed by atoms with E-state index >= 15 is 0 Å². The summed E-state index contributed by atoms with van der Waals surface area (Å²) in [5.74, 6) is -1.96. The zero-order valence-corrected chi connectivity index (χ0v) is 17.4. The molecule has 0 spiro atoms. The summed E-state index contributed by atoms with van der Waals surface area (Å²) >= 11 is 0. The van der Waals surface area contributed by atoms with E-state index in [4.69, 9.17) is 10.5 Å². The largest absolute Gasteiger partial charge is 0.451 e. The molecular formula is C20H25F3N4O3. The molecule has 0 aliphatic carbocycles. The molecule has 1 heterocycles. The lowest BCUT2D eigenvalue weighted by atomic mass is 10.00. The number of aromatic nitrogens is 2. The van der Waals surface area contributed by atoms with Gasteiger partial charge in [0.15, 0.2) is 0 Å². The van der Waals surface area contributed by atoms with Gasteiger partial charge in [0.05, 0.1) is 0 Å². The third-order valence-electron chi connectivity index (χ3n) is 3.43. The summed E-state index contributed by atoms with van der Waals surface area (Å²) < 4.78 is 42.9. The van der Waals surface area contributed by atoms with Gasteiger partial charge >= 0.3 is 12.3 Å².